The van der Waals surface area contributed by atoms with Crippen LogP contribution < -0.4 is 11.1 Å². The van der Waals surface area contributed by atoms with Crippen LogP contribution in [0.3, 0.4) is 0 Å². The van der Waals surface area contributed by atoms with Crippen LogP contribution in [-0.4, -0.2) is 48.3 Å². The molecule has 3 amide bonds. The van der Waals surface area contributed by atoms with Crippen LogP contribution in [-0.2, 0) is 14.3 Å². The number of ether oxygens (including phenoxy) is 1. The fourth-order valence-corrected chi connectivity index (χ4v) is 3.99. The van der Waals surface area contributed by atoms with Crippen LogP contribution in [0.4, 0.5) is 5.00 Å². The molecule has 3 heterocycles. The molecule has 1 saturated heterocycles. The Morgan fingerprint density at radius 1 is 1.31 bits per heavy atom. The van der Waals surface area contributed by atoms with Crippen LogP contribution in [0.1, 0.15) is 38.6 Å². The van der Waals surface area contributed by atoms with E-state index in [1.54, 1.807) is 24.0 Å². The molecule has 9 nitrogen and oxygen atoms in total. The number of piperidine rings is 1. The maximum absolute atomic E-state index is 12.3. The van der Waals surface area contributed by atoms with Crippen LogP contribution in [0.15, 0.2) is 28.9 Å². The topological polar surface area (TPSA) is 132 Å². The monoisotopic (exact) mass is 419 g/mol. The summed E-state index contributed by atoms with van der Waals surface area (Å²) in [5.41, 5.74) is 5.91. The van der Waals surface area contributed by atoms with E-state index >= 15 is 0 Å². The summed E-state index contributed by atoms with van der Waals surface area (Å²) in [6.07, 6.45) is 2.42. The molecule has 3 rings (SSSR count). The summed E-state index contributed by atoms with van der Waals surface area (Å²) in [7, 11) is 0. The molecule has 2 aromatic heterocycles. The molecule has 3 N–H and O–H groups in total. The number of furan rings is 1. The van der Waals surface area contributed by atoms with Gasteiger partial charge in [-0.1, -0.05) is 0 Å². The third-order valence-corrected chi connectivity index (χ3v) is 5.79. The predicted molar refractivity (Wildman–Crippen MR) is 104 cm³/mol. The summed E-state index contributed by atoms with van der Waals surface area (Å²) < 4.78 is 10.2. The van der Waals surface area contributed by atoms with Crippen LogP contribution in [0.2, 0.25) is 0 Å². The highest BCUT2D eigenvalue weighted by Crippen LogP contribution is 2.28. The number of primary amides is 1. The molecule has 0 unspecified atom stereocenters. The van der Waals surface area contributed by atoms with E-state index in [4.69, 9.17) is 14.9 Å². The van der Waals surface area contributed by atoms with Gasteiger partial charge in [-0.15, -0.1) is 11.3 Å². The van der Waals surface area contributed by atoms with E-state index in [1.165, 1.54) is 12.3 Å². The highest BCUT2D eigenvalue weighted by Gasteiger charge is 2.27. The number of amides is 3. The Morgan fingerprint density at radius 2 is 2.03 bits per heavy atom. The smallest absolute Gasteiger partial charge is 0.349 e. The van der Waals surface area contributed by atoms with Crippen molar-refractivity contribution in [1.82, 2.24) is 4.90 Å². The Bertz CT molecular complexity index is 913. The molecule has 10 heteroatoms. The lowest BCUT2D eigenvalue weighted by molar-refractivity contribution is -0.137. The highest BCUT2D eigenvalue weighted by molar-refractivity contribution is 7.18. The molecule has 1 aliphatic heterocycles. The zero-order valence-electron chi connectivity index (χ0n) is 15.8. The lowest BCUT2D eigenvalue weighted by Crippen LogP contribution is -2.43. The van der Waals surface area contributed by atoms with Gasteiger partial charge < -0.3 is 25.1 Å². The Balaban J connectivity index is 1.52. The minimum atomic E-state index is -0.633. The molecule has 154 valence electrons. The first-order valence-corrected chi connectivity index (χ1v) is 9.86. The van der Waals surface area contributed by atoms with Gasteiger partial charge in [0.1, 0.15) is 4.88 Å². The predicted octanol–water partition coefficient (Wildman–Crippen LogP) is 1.78. The summed E-state index contributed by atoms with van der Waals surface area (Å²) in [4.78, 5) is 49.7. The number of nitrogens with two attached hydrogens (primary N) is 1. The minimum absolute atomic E-state index is 0.158. The van der Waals surface area contributed by atoms with E-state index in [9.17, 15) is 19.2 Å². The fourth-order valence-electron chi connectivity index (χ4n) is 3.03. The molecule has 0 aliphatic carbocycles. The first-order valence-electron chi connectivity index (χ1n) is 9.04. The van der Waals surface area contributed by atoms with E-state index in [-0.39, 0.29) is 30.1 Å². The number of anilines is 1. The average Bonchev–Trinajstić information content (AvgIpc) is 3.36. The fraction of sp³-hybridized carbons (Fsp3) is 0.368. The number of carbonyl (C=O) groups is 4. The van der Waals surface area contributed by atoms with Crippen molar-refractivity contribution in [2.24, 2.45) is 11.7 Å². The third kappa shape index (κ3) is 5.02. The standard InChI is InChI=1S/C19H21N3O6S/c1-11-9-14(21-18(25)13-3-2-8-27-13)29-16(11)19(26)28-10-15(23)22-6-4-12(5-7-22)17(20)24/h2-3,8-9,12H,4-7,10H2,1H3,(H2,20,24)(H,21,25). The van der Waals surface area contributed by atoms with Gasteiger partial charge in [0.05, 0.1) is 11.3 Å². The quantitative estimate of drug-likeness (QED) is 0.686. The van der Waals surface area contributed by atoms with Crippen LogP contribution in [0.5, 0.6) is 0 Å². The van der Waals surface area contributed by atoms with Gasteiger partial charge in [-0.25, -0.2) is 4.79 Å². The van der Waals surface area contributed by atoms with E-state index in [0.717, 1.165) is 11.3 Å². The van der Waals surface area contributed by atoms with E-state index in [1.807, 2.05) is 0 Å². The van der Waals surface area contributed by atoms with Crippen molar-refractivity contribution < 1.29 is 28.3 Å². The zero-order valence-corrected chi connectivity index (χ0v) is 16.6. The number of likely N-dealkylation sites (tertiary alicyclic amines) is 1. The number of esters is 1. The van der Waals surface area contributed by atoms with Crippen LogP contribution >= 0.6 is 11.3 Å². The molecular weight excluding hydrogens is 398 g/mol. The lowest BCUT2D eigenvalue weighted by Gasteiger charge is -2.30. The molecule has 0 saturated carbocycles. The number of hydrogen-bond donors (Lipinski definition) is 2. The van der Waals surface area contributed by atoms with Gasteiger partial charge in [0, 0.05) is 19.0 Å². The molecule has 29 heavy (non-hydrogen) atoms. The molecule has 0 spiro atoms. The molecule has 0 radical (unpaired) electrons. The van der Waals surface area contributed by atoms with Gasteiger partial charge in [0.2, 0.25) is 5.91 Å². The summed E-state index contributed by atoms with van der Waals surface area (Å²) in [6.45, 7) is 2.15. The van der Waals surface area contributed by atoms with Gasteiger partial charge in [-0.2, -0.15) is 0 Å². The number of thiophene rings is 1. The molecule has 0 atom stereocenters. The molecule has 1 fully saturated rings. The second-order valence-corrected chi connectivity index (χ2v) is 7.74. The second-order valence-electron chi connectivity index (χ2n) is 6.69. The third-order valence-electron chi connectivity index (χ3n) is 4.66. The van der Waals surface area contributed by atoms with Crippen LogP contribution in [0, 0.1) is 12.8 Å². The molecular formula is C19H21N3O6S. The number of nitrogens with zero attached hydrogens (tertiary/aromatic N) is 1. The summed E-state index contributed by atoms with van der Waals surface area (Å²) >= 11 is 1.06. The largest absolute Gasteiger partial charge is 0.459 e. The van der Waals surface area contributed by atoms with Crippen molar-refractivity contribution in [1.29, 1.82) is 0 Å². The normalized spacial score (nSPS) is 14.4. The minimum Gasteiger partial charge on any atom is -0.459 e. The number of carbonyl (C=O) groups excluding carboxylic acids is 4. The van der Waals surface area contributed by atoms with Gasteiger partial charge >= 0.3 is 5.97 Å². The number of nitrogens with one attached hydrogen (secondary N) is 1. The molecule has 2 aromatic rings. The Labute approximate surface area is 170 Å². The van der Waals surface area contributed by atoms with Gasteiger partial charge in [0.25, 0.3) is 11.8 Å². The van der Waals surface area contributed by atoms with E-state index < -0.39 is 11.9 Å². The van der Waals surface area contributed by atoms with E-state index in [2.05, 4.69) is 5.32 Å². The number of hydrogen-bond acceptors (Lipinski definition) is 7. The molecule has 0 aromatic carbocycles. The van der Waals surface area contributed by atoms with Crippen molar-refractivity contribution in [3.05, 3.63) is 40.7 Å². The van der Waals surface area contributed by atoms with Gasteiger partial charge in [0.15, 0.2) is 12.4 Å². The van der Waals surface area contributed by atoms with Crippen molar-refractivity contribution in [2.45, 2.75) is 19.8 Å². The summed E-state index contributed by atoms with van der Waals surface area (Å²) in [5, 5.41) is 3.12. The number of rotatable bonds is 6. The first-order chi connectivity index (χ1) is 13.8. The molecule has 0 bridgehead atoms. The Kier molecular flexibility index (Phi) is 6.32. The summed E-state index contributed by atoms with van der Waals surface area (Å²) in [6, 6.07) is 4.78. The van der Waals surface area contributed by atoms with Crippen molar-refractivity contribution in [3.63, 3.8) is 0 Å². The van der Waals surface area contributed by atoms with Crippen molar-refractivity contribution in [3.8, 4) is 0 Å². The highest BCUT2D eigenvalue weighted by atomic mass is 32.1. The SMILES string of the molecule is Cc1cc(NC(=O)c2ccco2)sc1C(=O)OCC(=O)N1CCC(C(N)=O)CC1. The lowest BCUT2D eigenvalue weighted by atomic mass is 9.96. The molecule has 1 aliphatic rings. The maximum Gasteiger partial charge on any atom is 0.349 e. The summed E-state index contributed by atoms with van der Waals surface area (Å²) in [5.74, 6) is -1.79. The zero-order chi connectivity index (χ0) is 21.0. The average molecular weight is 419 g/mol. The van der Waals surface area contributed by atoms with Gasteiger partial charge in [-0.3, -0.25) is 14.4 Å². The second kappa shape index (κ2) is 8.91. The Hall–Kier alpha value is -3.14. The van der Waals surface area contributed by atoms with Crippen molar-refractivity contribution >= 4 is 40.0 Å². The van der Waals surface area contributed by atoms with Gasteiger partial charge in [-0.05, 0) is 43.5 Å². The number of aryl methyl sites for hydroxylation is 1. The van der Waals surface area contributed by atoms with Crippen molar-refractivity contribution in [2.75, 3.05) is 25.0 Å². The van der Waals surface area contributed by atoms with Crippen LogP contribution in [0.25, 0.3) is 0 Å². The Morgan fingerprint density at radius 3 is 2.66 bits per heavy atom. The van der Waals surface area contributed by atoms with E-state index in [0.29, 0.717) is 41.4 Å². The first kappa shape index (κ1) is 20.6. The maximum atomic E-state index is 12.3.